The summed E-state index contributed by atoms with van der Waals surface area (Å²) in [5, 5.41) is 0. The maximum absolute atomic E-state index is 11.5. The summed E-state index contributed by atoms with van der Waals surface area (Å²) in [5.41, 5.74) is 0.416. The molecule has 4 nitrogen and oxygen atoms in total. The van der Waals surface area contributed by atoms with Crippen molar-refractivity contribution in [3.63, 3.8) is 0 Å². The summed E-state index contributed by atoms with van der Waals surface area (Å²) < 4.78 is 16.3. The third kappa shape index (κ3) is 1.56. The van der Waals surface area contributed by atoms with Crippen molar-refractivity contribution in [3.8, 4) is 17.2 Å². The zero-order valence-corrected chi connectivity index (χ0v) is 9.88. The van der Waals surface area contributed by atoms with Gasteiger partial charge in [-0.25, -0.2) is 0 Å². The van der Waals surface area contributed by atoms with Crippen molar-refractivity contribution >= 4 is 21.7 Å². The topological polar surface area (TPSA) is 44.8 Å². The van der Waals surface area contributed by atoms with Crippen LogP contribution in [-0.2, 0) is 0 Å². The Morgan fingerprint density at radius 2 is 2.27 bits per heavy atom. The van der Waals surface area contributed by atoms with Crippen molar-refractivity contribution in [3.05, 3.63) is 16.1 Å². The number of ketones is 1. The molecule has 0 unspecified atom stereocenters. The molecule has 1 aromatic carbocycles. The Balaban J connectivity index is 2.71. The lowest BCUT2D eigenvalue weighted by molar-refractivity contribution is 0.101. The molecule has 0 saturated heterocycles. The number of ether oxygens (including phenoxy) is 3. The molecule has 5 heteroatoms. The van der Waals surface area contributed by atoms with Crippen LogP contribution in [0.2, 0.25) is 0 Å². The normalized spacial score (nSPS) is 12.7. The monoisotopic (exact) mass is 272 g/mol. The summed E-state index contributed by atoms with van der Waals surface area (Å²) in [6.45, 7) is 1.60. The quantitative estimate of drug-likeness (QED) is 0.776. The van der Waals surface area contributed by atoms with E-state index in [1.54, 1.807) is 6.07 Å². The van der Waals surface area contributed by atoms with Gasteiger partial charge in [-0.1, -0.05) is 0 Å². The van der Waals surface area contributed by atoms with Gasteiger partial charge in [0.15, 0.2) is 17.3 Å². The fourth-order valence-electron chi connectivity index (χ4n) is 1.51. The lowest BCUT2D eigenvalue weighted by Crippen LogP contribution is -2.01. The van der Waals surface area contributed by atoms with Crippen LogP contribution in [0.5, 0.6) is 17.2 Å². The van der Waals surface area contributed by atoms with Crippen LogP contribution in [0.4, 0.5) is 0 Å². The van der Waals surface area contributed by atoms with Crippen molar-refractivity contribution in [2.45, 2.75) is 6.92 Å². The van der Waals surface area contributed by atoms with Crippen LogP contribution in [0.3, 0.4) is 0 Å². The first kappa shape index (κ1) is 10.3. The molecular weight excluding hydrogens is 264 g/mol. The zero-order chi connectivity index (χ0) is 11.0. The first-order valence-corrected chi connectivity index (χ1v) is 5.11. The average molecular weight is 273 g/mol. The Bertz CT molecular complexity index is 424. The Hall–Kier alpha value is -1.23. The molecule has 80 valence electrons. The molecule has 15 heavy (non-hydrogen) atoms. The molecule has 1 aromatic rings. The van der Waals surface area contributed by atoms with Crippen LogP contribution < -0.4 is 14.2 Å². The van der Waals surface area contributed by atoms with Crippen LogP contribution in [0, 0.1) is 0 Å². The number of fused-ring (bicyclic) bond motifs is 1. The highest BCUT2D eigenvalue weighted by atomic mass is 79.9. The van der Waals surface area contributed by atoms with Crippen molar-refractivity contribution in [2.75, 3.05) is 13.9 Å². The minimum atomic E-state index is -0.116. The number of methoxy groups -OCH3 is 1. The maximum Gasteiger partial charge on any atom is 0.231 e. The fourth-order valence-corrected chi connectivity index (χ4v) is 2.08. The number of hydrogen-bond acceptors (Lipinski definition) is 4. The summed E-state index contributed by atoms with van der Waals surface area (Å²) in [6.07, 6.45) is 0. The van der Waals surface area contributed by atoms with Gasteiger partial charge >= 0.3 is 0 Å². The molecule has 0 spiro atoms. The second kappa shape index (κ2) is 3.73. The number of carbonyl (C=O) groups excluding carboxylic acids is 1. The van der Waals surface area contributed by atoms with Crippen molar-refractivity contribution in [1.82, 2.24) is 0 Å². The minimum absolute atomic E-state index is 0.116. The van der Waals surface area contributed by atoms with E-state index in [1.807, 2.05) is 0 Å². The van der Waals surface area contributed by atoms with Gasteiger partial charge in [0.1, 0.15) is 11.3 Å². The first-order chi connectivity index (χ1) is 7.15. The molecule has 1 aliphatic rings. The average Bonchev–Trinajstić information content (AvgIpc) is 2.62. The second-order valence-electron chi connectivity index (χ2n) is 3.06. The number of hydrogen-bond donors (Lipinski definition) is 0. The number of halogens is 1. The number of carbonyl (C=O) groups is 1. The molecule has 0 aliphatic carbocycles. The predicted octanol–water partition coefficient (Wildman–Crippen LogP) is 2.39. The lowest BCUT2D eigenvalue weighted by Gasteiger charge is -2.10. The van der Waals surface area contributed by atoms with E-state index in [1.165, 1.54) is 14.0 Å². The van der Waals surface area contributed by atoms with E-state index in [9.17, 15) is 4.79 Å². The van der Waals surface area contributed by atoms with Crippen LogP contribution >= 0.6 is 15.9 Å². The van der Waals surface area contributed by atoms with Crippen LogP contribution in [0.15, 0.2) is 10.5 Å². The van der Waals surface area contributed by atoms with Gasteiger partial charge < -0.3 is 14.2 Å². The zero-order valence-electron chi connectivity index (χ0n) is 8.30. The van der Waals surface area contributed by atoms with E-state index < -0.39 is 0 Å². The minimum Gasteiger partial charge on any atom is -0.495 e. The van der Waals surface area contributed by atoms with Crippen LogP contribution in [0.25, 0.3) is 0 Å². The molecule has 0 N–H and O–H groups in total. The van der Waals surface area contributed by atoms with E-state index in [-0.39, 0.29) is 12.6 Å². The largest absolute Gasteiger partial charge is 0.495 e. The summed E-state index contributed by atoms with van der Waals surface area (Å²) in [6, 6.07) is 1.73. The van der Waals surface area contributed by atoms with Gasteiger partial charge in [-0.15, -0.1) is 0 Å². The van der Waals surface area contributed by atoms with Crippen molar-refractivity contribution in [2.24, 2.45) is 0 Å². The summed E-state index contributed by atoms with van der Waals surface area (Å²) in [5.74, 6) is 1.39. The van der Waals surface area contributed by atoms with Gasteiger partial charge in [-0.2, -0.15) is 0 Å². The van der Waals surface area contributed by atoms with Crippen LogP contribution in [-0.4, -0.2) is 19.7 Å². The van der Waals surface area contributed by atoms with Gasteiger partial charge in [0, 0.05) is 6.07 Å². The Morgan fingerprint density at radius 1 is 1.53 bits per heavy atom. The van der Waals surface area contributed by atoms with E-state index >= 15 is 0 Å². The smallest absolute Gasteiger partial charge is 0.231 e. The third-order valence-electron chi connectivity index (χ3n) is 2.13. The summed E-state index contributed by atoms with van der Waals surface area (Å²) in [4.78, 5) is 11.5. The number of rotatable bonds is 2. The molecule has 0 fully saturated rings. The second-order valence-corrected chi connectivity index (χ2v) is 3.91. The molecular formula is C10H9BrO4. The highest BCUT2D eigenvalue weighted by molar-refractivity contribution is 9.10. The standard InChI is InChI=1S/C10H9BrO4/c1-5(12)8-9(13-2)6(11)3-7-10(8)15-4-14-7/h3H,4H2,1-2H3. The van der Waals surface area contributed by atoms with Gasteiger partial charge in [0.25, 0.3) is 0 Å². The molecule has 0 radical (unpaired) electrons. The number of benzene rings is 1. The molecule has 2 rings (SSSR count). The van der Waals surface area contributed by atoms with Gasteiger partial charge in [-0.3, -0.25) is 4.79 Å². The summed E-state index contributed by atoms with van der Waals surface area (Å²) in [7, 11) is 1.51. The molecule has 0 saturated carbocycles. The predicted molar refractivity (Wildman–Crippen MR) is 56.8 cm³/mol. The van der Waals surface area contributed by atoms with Crippen LogP contribution in [0.1, 0.15) is 17.3 Å². The SMILES string of the molecule is COc1c(Br)cc2c(c1C(C)=O)OCO2. The van der Waals surface area contributed by atoms with Crippen molar-refractivity contribution < 1.29 is 19.0 Å². The van der Waals surface area contributed by atoms with E-state index in [4.69, 9.17) is 14.2 Å². The third-order valence-corrected chi connectivity index (χ3v) is 2.72. The molecule has 0 aromatic heterocycles. The van der Waals surface area contributed by atoms with Gasteiger partial charge in [0.05, 0.1) is 11.6 Å². The highest BCUT2D eigenvalue weighted by Gasteiger charge is 2.26. The summed E-state index contributed by atoms with van der Waals surface area (Å²) >= 11 is 3.32. The molecule has 0 atom stereocenters. The Morgan fingerprint density at radius 3 is 2.87 bits per heavy atom. The van der Waals surface area contributed by atoms with E-state index in [0.29, 0.717) is 27.3 Å². The maximum atomic E-state index is 11.5. The Labute approximate surface area is 95.3 Å². The first-order valence-electron chi connectivity index (χ1n) is 4.32. The molecule has 0 amide bonds. The van der Waals surface area contributed by atoms with Gasteiger partial charge in [-0.05, 0) is 22.9 Å². The molecule has 1 heterocycles. The van der Waals surface area contributed by atoms with E-state index in [0.717, 1.165) is 0 Å². The lowest BCUT2D eigenvalue weighted by atomic mass is 10.1. The highest BCUT2D eigenvalue weighted by Crippen LogP contribution is 2.45. The Kier molecular flexibility index (Phi) is 2.56. The van der Waals surface area contributed by atoms with E-state index in [2.05, 4.69) is 15.9 Å². The molecule has 0 bridgehead atoms. The number of Topliss-reactive ketones (excluding diaryl/α,β-unsaturated/α-hetero) is 1. The fraction of sp³-hybridized carbons (Fsp3) is 0.300. The van der Waals surface area contributed by atoms with Gasteiger partial charge in [0.2, 0.25) is 6.79 Å². The molecule has 1 aliphatic heterocycles. The van der Waals surface area contributed by atoms with Crippen molar-refractivity contribution in [1.29, 1.82) is 0 Å².